The second-order valence-corrected chi connectivity index (χ2v) is 6.58. The Kier molecular flexibility index (Phi) is 4.42. The first kappa shape index (κ1) is 17.9. The molecule has 8 nitrogen and oxygen atoms in total. The Labute approximate surface area is 159 Å². The average Bonchev–Trinajstić information content (AvgIpc) is 3.22. The molecule has 2 N–H and O–H groups in total. The first-order valence-electron chi connectivity index (χ1n) is 8.91. The number of carbonyl (C=O) groups excluding carboxylic acids is 1. The summed E-state index contributed by atoms with van der Waals surface area (Å²) in [7, 11) is 1.74. The van der Waals surface area contributed by atoms with E-state index in [0.717, 1.165) is 11.8 Å². The van der Waals surface area contributed by atoms with E-state index in [9.17, 15) is 9.18 Å². The van der Waals surface area contributed by atoms with Crippen LogP contribution in [0.4, 0.5) is 9.18 Å². The Morgan fingerprint density at radius 1 is 1.43 bits per heavy atom. The number of ether oxygens (including phenoxy) is 1. The zero-order chi connectivity index (χ0) is 19.8. The van der Waals surface area contributed by atoms with Crippen LogP contribution in [-0.2, 0) is 7.05 Å². The Morgan fingerprint density at radius 2 is 2.25 bits per heavy atom. The molecule has 3 heterocycles. The molecule has 0 bridgehead atoms. The smallest absolute Gasteiger partial charge is 0.406 e. The Morgan fingerprint density at radius 3 is 3.04 bits per heavy atom. The number of hydrogen-bond acceptors (Lipinski definition) is 5. The van der Waals surface area contributed by atoms with Gasteiger partial charge in [-0.05, 0) is 31.5 Å². The number of aryl methyl sites for hydroxylation is 1. The highest BCUT2D eigenvalue weighted by Gasteiger charge is 2.17. The van der Waals surface area contributed by atoms with Gasteiger partial charge in [0.15, 0.2) is 16.9 Å². The molecular formula is C19H19FN6O2. The lowest BCUT2D eigenvalue weighted by Crippen LogP contribution is -2.34. The highest BCUT2D eigenvalue weighted by atomic mass is 19.1. The standard InChI is InChI=1S/C19H19FN6O2/c1-4-10(2)23-19(27)28-15-9-22-18-17(15)24-13(8-21-18)16-12-6-5-11(20)7-14(12)26(3)25-16/h5-10H,4H2,1-3H3,(H,21,22)(H,23,27)/t10-/m0/s1. The fourth-order valence-electron chi connectivity index (χ4n) is 2.91. The van der Waals surface area contributed by atoms with E-state index in [2.05, 4.69) is 25.4 Å². The lowest BCUT2D eigenvalue weighted by molar-refractivity contribution is 0.197. The van der Waals surface area contributed by atoms with Crippen LogP contribution < -0.4 is 10.1 Å². The van der Waals surface area contributed by atoms with E-state index in [1.54, 1.807) is 24.0 Å². The van der Waals surface area contributed by atoms with E-state index < -0.39 is 6.09 Å². The molecule has 0 aliphatic rings. The van der Waals surface area contributed by atoms with Gasteiger partial charge in [0.05, 0.1) is 11.7 Å². The summed E-state index contributed by atoms with van der Waals surface area (Å²) < 4.78 is 20.5. The molecular weight excluding hydrogens is 363 g/mol. The Bertz CT molecular complexity index is 1180. The molecule has 0 aliphatic carbocycles. The van der Waals surface area contributed by atoms with Gasteiger partial charge in [-0.3, -0.25) is 4.68 Å². The number of fused-ring (bicyclic) bond motifs is 2. The van der Waals surface area contributed by atoms with Crippen LogP contribution in [0.3, 0.4) is 0 Å². The average molecular weight is 382 g/mol. The van der Waals surface area contributed by atoms with Gasteiger partial charge >= 0.3 is 6.09 Å². The van der Waals surface area contributed by atoms with Crippen LogP contribution in [0.25, 0.3) is 33.5 Å². The molecule has 0 saturated heterocycles. The first-order valence-corrected chi connectivity index (χ1v) is 8.91. The molecule has 1 atom stereocenters. The second-order valence-electron chi connectivity index (χ2n) is 6.58. The van der Waals surface area contributed by atoms with Gasteiger partial charge in [0.25, 0.3) is 0 Å². The number of H-pyrrole nitrogens is 1. The number of hydrogen-bond donors (Lipinski definition) is 2. The SMILES string of the molecule is CC[C@H](C)NC(=O)Oc1c[nH]c2ncc(-c3nn(C)c4cc(F)ccc34)nc12. The van der Waals surface area contributed by atoms with Gasteiger partial charge in [0.1, 0.15) is 17.2 Å². The maximum absolute atomic E-state index is 13.6. The Balaban J connectivity index is 1.73. The summed E-state index contributed by atoms with van der Waals surface area (Å²) in [4.78, 5) is 23.9. The van der Waals surface area contributed by atoms with E-state index in [1.807, 2.05) is 13.8 Å². The van der Waals surface area contributed by atoms with Crippen molar-refractivity contribution in [3.05, 3.63) is 36.4 Å². The van der Waals surface area contributed by atoms with Crippen LogP contribution >= 0.6 is 0 Å². The molecule has 28 heavy (non-hydrogen) atoms. The van der Waals surface area contributed by atoms with Gasteiger partial charge < -0.3 is 15.0 Å². The minimum Gasteiger partial charge on any atom is -0.406 e. The number of nitrogens with one attached hydrogen (secondary N) is 2. The highest BCUT2D eigenvalue weighted by molar-refractivity contribution is 5.93. The van der Waals surface area contributed by atoms with Gasteiger partial charge in [-0.15, -0.1) is 0 Å². The second kappa shape index (κ2) is 6.91. The maximum Gasteiger partial charge on any atom is 0.412 e. The third-order valence-electron chi connectivity index (χ3n) is 4.58. The van der Waals surface area contributed by atoms with E-state index in [0.29, 0.717) is 28.1 Å². The molecule has 1 amide bonds. The summed E-state index contributed by atoms with van der Waals surface area (Å²) >= 11 is 0. The fourth-order valence-corrected chi connectivity index (χ4v) is 2.91. The molecule has 144 valence electrons. The van der Waals surface area contributed by atoms with E-state index in [4.69, 9.17) is 4.74 Å². The molecule has 9 heteroatoms. The molecule has 4 rings (SSSR count). The molecule has 0 aliphatic heterocycles. The molecule has 4 aromatic rings. The zero-order valence-corrected chi connectivity index (χ0v) is 15.7. The number of amides is 1. The lowest BCUT2D eigenvalue weighted by Gasteiger charge is -2.10. The topological polar surface area (TPSA) is 97.7 Å². The van der Waals surface area contributed by atoms with Crippen LogP contribution in [0.1, 0.15) is 20.3 Å². The van der Waals surface area contributed by atoms with Crippen molar-refractivity contribution in [2.45, 2.75) is 26.3 Å². The van der Waals surface area contributed by atoms with Crippen molar-refractivity contribution < 1.29 is 13.9 Å². The van der Waals surface area contributed by atoms with E-state index in [-0.39, 0.29) is 17.6 Å². The predicted octanol–water partition coefficient (Wildman–Crippen LogP) is 3.54. The quantitative estimate of drug-likeness (QED) is 0.563. The van der Waals surface area contributed by atoms with Gasteiger partial charge in [-0.2, -0.15) is 5.10 Å². The molecule has 0 spiro atoms. The predicted molar refractivity (Wildman–Crippen MR) is 102 cm³/mol. The van der Waals surface area contributed by atoms with Crippen LogP contribution in [-0.4, -0.2) is 36.9 Å². The summed E-state index contributed by atoms with van der Waals surface area (Å²) in [5.74, 6) is -0.0614. The number of carbonyl (C=O) groups is 1. The molecule has 3 aromatic heterocycles. The molecule has 0 saturated carbocycles. The Hall–Kier alpha value is -3.49. The van der Waals surface area contributed by atoms with Crippen molar-refractivity contribution >= 4 is 28.2 Å². The number of rotatable bonds is 4. The number of aromatic nitrogens is 5. The highest BCUT2D eigenvalue weighted by Crippen LogP contribution is 2.29. The molecule has 1 aromatic carbocycles. The van der Waals surface area contributed by atoms with Crippen LogP contribution in [0.2, 0.25) is 0 Å². The third kappa shape index (κ3) is 3.15. The molecule has 0 fully saturated rings. The summed E-state index contributed by atoms with van der Waals surface area (Å²) in [6.07, 6.45) is 3.35. The monoisotopic (exact) mass is 382 g/mol. The number of nitrogens with zero attached hydrogens (tertiary/aromatic N) is 4. The normalized spacial score (nSPS) is 12.4. The third-order valence-corrected chi connectivity index (χ3v) is 4.58. The summed E-state index contributed by atoms with van der Waals surface area (Å²) in [6.45, 7) is 3.86. The van der Waals surface area contributed by atoms with Gasteiger partial charge in [-0.25, -0.2) is 19.2 Å². The minimum atomic E-state index is -0.554. The molecule has 0 radical (unpaired) electrons. The number of halogens is 1. The van der Waals surface area contributed by atoms with Crippen LogP contribution in [0.15, 0.2) is 30.6 Å². The van der Waals surface area contributed by atoms with E-state index in [1.165, 1.54) is 18.3 Å². The first-order chi connectivity index (χ1) is 13.5. The number of aromatic amines is 1. The van der Waals surface area contributed by atoms with Crippen molar-refractivity contribution in [2.75, 3.05) is 0 Å². The van der Waals surface area contributed by atoms with Crippen molar-refractivity contribution in [3.8, 4) is 17.1 Å². The van der Waals surface area contributed by atoms with Gasteiger partial charge in [0, 0.05) is 24.7 Å². The van der Waals surface area contributed by atoms with E-state index >= 15 is 0 Å². The van der Waals surface area contributed by atoms with Crippen molar-refractivity contribution in [1.82, 2.24) is 30.0 Å². The summed E-state index contributed by atoms with van der Waals surface area (Å²) in [5, 5.41) is 7.94. The van der Waals surface area contributed by atoms with Crippen LogP contribution in [0, 0.1) is 5.82 Å². The lowest BCUT2D eigenvalue weighted by atomic mass is 10.1. The maximum atomic E-state index is 13.6. The van der Waals surface area contributed by atoms with Crippen molar-refractivity contribution in [2.24, 2.45) is 7.05 Å². The summed E-state index contributed by atoms with van der Waals surface area (Å²) in [6, 6.07) is 4.46. The minimum absolute atomic E-state index is 0.000343. The van der Waals surface area contributed by atoms with Crippen molar-refractivity contribution in [1.29, 1.82) is 0 Å². The fraction of sp³-hybridized carbons (Fsp3) is 0.263. The summed E-state index contributed by atoms with van der Waals surface area (Å²) in [5.41, 5.74) is 2.62. The van der Waals surface area contributed by atoms with Gasteiger partial charge in [0.2, 0.25) is 0 Å². The largest absolute Gasteiger partial charge is 0.412 e. The van der Waals surface area contributed by atoms with Gasteiger partial charge in [-0.1, -0.05) is 6.92 Å². The zero-order valence-electron chi connectivity index (χ0n) is 15.7. The van der Waals surface area contributed by atoms with Crippen molar-refractivity contribution in [3.63, 3.8) is 0 Å². The molecule has 0 unspecified atom stereocenters. The van der Waals surface area contributed by atoms with Crippen LogP contribution in [0.5, 0.6) is 5.75 Å². The number of benzene rings is 1.